The first kappa shape index (κ1) is 33.6. The zero-order chi connectivity index (χ0) is 38.4. The van der Waals surface area contributed by atoms with Crippen LogP contribution in [0.15, 0.2) is 231 Å². The van der Waals surface area contributed by atoms with E-state index in [0.717, 1.165) is 33.9 Å². The average Bonchev–Trinajstić information content (AvgIpc) is 3.64. The Hall–Kier alpha value is -7.68. The largest absolute Gasteiger partial charge is 0.309 e. The molecule has 272 valence electrons. The van der Waals surface area contributed by atoms with Gasteiger partial charge in [-0.3, -0.25) is 0 Å². The van der Waals surface area contributed by atoms with Gasteiger partial charge in [0.25, 0.3) is 0 Å². The molecule has 0 saturated heterocycles. The molecule has 0 bridgehead atoms. The maximum absolute atomic E-state index is 2.44. The minimum absolute atomic E-state index is 1.09. The SMILES string of the molecule is c1cc(-c2ccccc2N(c2ccc(-c3ccc4ccccc4c3)cc2)c2ccccc2-c2ccc3ccccc3c2)cc(-n2c3ccccc3c3ccccc32)c1. The lowest BCUT2D eigenvalue weighted by atomic mass is 9.96. The smallest absolute Gasteiger partial charge is 0.0541 e. The first-order chi connectivity index (χ1) is 28.8. The molecule has 0 unspecified atom stereocenters. The van der Waals surface area contributed by atoms with Gasteiger partial charge in [-0.15, -0.1) is 0 Å². The van der Waals surface area contributed by atoms with E-state index in [1.54, 1.807) is 0 Å². The molecule has 58 heavy (non-hydrogen) atoms. The Morgan fingerprint density at radius 1 is 0.293 bits per heavy atom. The maximum Gasteiger partial charge on any atom is 0.0541 e. The molecule has 1 heterocycles. The number of benzene rings is 10. The van der Waals surface area contributed by atoms with Crippen LogP contribution in [0.1, 0.15) is 0 Å². The summed E-state index contributed by atoms with van der Waals surface area (Å²) in [5, 5.41) is 7.46. The van der Waals surface area contributed by atoms with Gasteiger partial charge in [-0.1, -0.05) is 170 Å². The molecule has 0 atom stereocenters. The predicted molar refractivity (Wildman–Crippen MR) is 247 cm³/mol. The van der Waals surface area contributed by atoms with Gasteiger partial charge in [0.15, 0.2) is 0 Å². The molecule has 1 aromatic heterocycles. The Bertz CT molecular complexity index is 3240. The third-order valence-corrected chi connectivity index (χ3v) is 11.6. The van der Waals surface area contributed by atoms with Crippen LogP contribution >= 0.6 is 0 Å². The van der Waals surface area contributed by atoms with Gasteiger partial charge in [0.2, 0.25) is 0 Å². The summed E-state index contributed by atoms with van der Waals surface area (Å²) < 4.78 is 2.40. The number of hydrogen-bond acceptors (Lipinski definition) is 1. The lowest BCUT2D eigenvalue weighted by Gasteiger charge is -2.30. The van der Waals surface area contributed by atoms with E-state index in [9.17, 15) is 0 Å². The second-order valence-electron chi connectivity index (χ2n) is 15.0. The summed E-state index contributed by atoms with van der Waals surface area (Å²) in [5.41, 5.74) is 13.9. The Kier molecular flexibility index (Phi) is 8.19. The number of para-hydroxylation sites is 4. The standard InChI is InChI=1S/C56H38N2/c1-3-16-42-36-44(30-28-39(42)14-1)41-32-34-47(35-33-41)57(54-25-10-6-21-50(54)46-31-29-40-15-2-4-17-43(40)37-46)53-24-9-5-20-49(53)45-18-13-19-48(38-45)58-55-26-11-7-22-51(55)52-23-8-12-27-56(52)58/h1-38H. The summed E-state index contributed by atoms with van der Waals surface area (Å²) >= 11 is 0. The van der Waals surface area contributed by atoms with E-state index in [2.05, 4.69) is 240 Å². The molecule has 2 heteroatoms. The summed E-state index contributed by atoms with van der Waals surface area (Å²) in [6.45, 7) is 0. The fourth-order valence-electron chi connectivity index (χ4n) is 8.78. The molecular weight excluding hydrogens is 701 g/mol. The lowest BCUT2D eigenvalue weighted by molar-refractivity contribution is 1.18. The second kappa shape index (κ2) is 14.1. The van der Waals surface area contributed by atoms with Crippen molar-refractivity contribution in [3.05, 3.63) is 231 Å². The molecule has 10 aromatic carbocycles. The second-order valence-corrected chi connectivity index (χ2v) is 15.0. The molecule has 0 N–H and O–H groups in total. The van der Waals surface area contributed by atoms with Crippen molar-refractivity contribution in [3.8, 4) is 39.1 Å². The quantitative estimate of drug-likeness (QED) is 0.158. The monoisotopic (exact) mass is 738 g/mol. The van der Waals surface area contributed by atoms with E-state index >= 15 is 0 Å². The molecule has 11 rings (SSSR count). The van der Waals surface area contributed by atoms with E-state index in [-0.39, 0.29) is 0 Å². The van der Waals surface area contributed by atoms with Gasteiger partial charge in [-0.25, -0.2) is 0 Å². The molecule has 11 aromatic rings. The highest BCUT2D eigenvalue weighted by molar-refractivity contribution is 6.09. The maximum atomic E-state index is 2.44. The van der Waals surface area contributed by atoms with Gasteiger partial charge in [0.1, 0.15) is 0 Å². The Morgan fingerprint density at radius 2 is 0.759 bits per heavy atom. The summed E-state index contributed by atoms with van der Waals surface area (Å²) in [7, 11) is 0. The zero-order valence-electron chi connectivity index (χ0n) is 31.8. The molecule has 2 nitrogen and oxygen atoms in total. The number of rotatable bonds is 7. The van der Waals surface area contributed by atoms with Gasteiger partial charge < -0.3 is 9.47 Å². The average molecular weight is 739 g/mol. The molecule has 0 aliphatic carbocycles. The molecule has 0 fully saturated rings. The minimum Gasteiger partial charge on any atom is -0.309 e. The summed E-state index contributed by atoms with van der Waals surface area (Å²) in [6, 6.07) is 83.8. The number of fused-ring (bicyclic) bond motifs is 5. The van der Waals surface area contributed by atoms with Crippen LogP contribution in [-0.2, 0) is 0 Å². The number of aromatic nitrogens is 1. The summed E-state index contributed by atoms with van der Waals surface area (Å²) in [5.74, 6) is 0. The first-order valence-corrected chi connectivity index (χ1v) is 19.9. The van der Waals surface area contributed by atoms with E-state index in [1.807, 2.05) is 0 Å². The van der Waals surface area contributed by atoms with Crippen molar-refractivity contribution in [1.82, 2.24) is 4.57 Å². The summed E-state index contributed by atoms with van der Waals surface area (Å²) in [6.07, 6.45) is 0. The van der Waals surface area contributed by atoms with Gasteiger partial charge in [-0.05, 0) is 104 Å². The van der Waals surface area contributed by atoms with E-state index < -0.39 is 0 Å². The van der Waals surface area contributed by atoms with Crippen molar-refractivity contribution in [2.75, 3.05) is 4.90 Å². The molecule has 0 amide bonds. The number of nitrogens with zero attached hydrogens (tertiary/aromatic N) is 2. The minimum atomic E-state index is 1.09. The highest BCUT2D eigenvalue weighted by atomic mass is 15.1. The topological polar surface area (TPSA) is 8.17 Å². The van der Waals surface area contributed by atoms with Crippen molar-refractivity contribution in [2.45, 2.75) is 0 Å². The number of hydrogen-bond donors (Lipinski definition) is 0. The Balaban J connectivity index is 1.09. The molecule has 0 saturated carbocycles. The molecule has 0 spiro atoms. The van der Waals surface area contributed by atoms with E-state index in [0.29, 0.717) is 0 Å². The predicted octanol–water partition coefficient (Wildman–Crippen LogP) is 15.6. The van der Waals surface area contributed by atoms with Gasteiger partial charge in [-0.2, -0.15) is 0 Å². The van der Waals surface area contributed by atoms with Crippen molar-refractivity contribution < 1.29 is 0 Å². The van der Waals surface area contributed by atoms with E-state index in [4.69, 9.17) is 0 Å². The van der Waals surface area contributed by atoms with Crippen LogP contribution < -0.4 is 4.90 Å². The summed E-state index contributed by atoms with van der Waals surface area (Å²) in [4.78, 5) is 2.44. The third kappa shape index (κ3) is 5.82. The van der Waals surface area contributed by atoms with Gasteiger partial charge in [0.05, 0.1) is 22.4 Å². The van der Waals surface area contributed by atoms with Gasteiger partial charge >= 0.3 is 0 Å². The van der Waals surface area contributed by atoms with Crippen LogP contribution in [0.2, 0.25) is 0 Å². The van der Waals surface area contributed by atoms with Crippen molar-refractivity contribution in [3.63, 3.8) is 0 Å². The van der Waals surface area contributed by atoms with Crippen LogP contribution in [0.5, 0.6) is 0 Å². The van der Waals surface area contributed by atoms with Crippen molar-refractivity contribution in [2.24, 2.45) is 0 Å². The highest BCUT2D eigenvalue weighted by Crippen LogP contribution is 2.46. The van der Waals surface area contributed by atoms with Crippen molar-refractivity contribution in [1.29, 1.82) is 0 Å². The lowest BCUT2D eigenvalue weighted by Crippen LogP contribution is -2.12. The Morgan fingerprint density at radius 3 is 1.38 bits per heavy atom. The van der Waals surface area contributed by atoms with Crippen LogP contribution in [0.25, 0.3) is 82.4 Å². The van der Waals surface area contributed by atoms with Crippen LogP contribution in [0.3, 0.4) is 0 Å². The van der Waals surface area contributed by atoms with Crippen molar-refractivity contribution >= 4 is 60.4 Å². The molecule has 0 aliphatic heterocycles. The zero-order valence-corrected chi connectivity index (χ0v) is 31.8. The molecular formula is C56H38N2. The van der Waals surface area contributed by atoms with Crippen LogP contribution in [0.4, 0.5) is 17.1 Å². The highest BCUT2D eigenvalue weighted by Gasteiger charge is 2.21. The van der Waals surface area contributed by atoms with Crippen LogP contribution in [-0.4, -0.2) is 4.57 Å². The number of anilines is 3. The normalized spacial score (nSPS) is 11.4. The molecule has 0 aliphatic rings. The van der Waals surface area contributed by atoms with Gasteiger partial charge in [0, 0.05) is 33.3 Å². The Labute approximate surface area is 338 Å². The molecule has 0 radical (unpaired) electrons. The fourth-order valence-corrected chi connectivity index (χ4v) is 8.78. The third-order valence-electron chi connectivity index (χ3n) is 11.6. The van der Waals surface area contributed by atoms with E-state index in [1.165, 1.54) is 65.6 Å². The van der Waals surface area contributed by atoms with Crippen LogP contribution in [0, 0.1) is 0 Å². The first-order valence-electron chi connectivity index (χ1n) is 19.9. The fraction of sp³-hybridized carbons (Fsp3) is 0.